The van der Waals surface area contributed by atoms with E-state index in [1.165, 1.54) is 0 Å². The molecule has 0 atom stereocenters. The van der Waals surface area contributed by atoms with Gasteiger partial charge in [-0.2, -0.15) is 0 Å². The van der Waals surface area contributed by atoms with Gasteiger partial charge in [-0.05, 0) is 19.3 Å². The summed E-state index contributed by atoms with van der Waals surface area (Å²) in [4.78, 5) is 38.9. The second-order valence-electron chi connectivity index (χ2n) is 3.26. The second kappa shape index (κ2) is 18.1. The number of aliphatic carboxylic acids is 4. The van der Waals surface area contributed by atoms with Gasteiger partial charge in [0.1, 0.15) is 0 Å². The van der Waals surface area contributed by atoms with Gasteiger partial charge in [-0.15, -0.1) is 0 Å². The maximum Gasteiger partial charge on any atom is 1.00 e. The maximum atomic E-state index is 9.90. The van der Waals surface area contributed by atoms with Gasteiger partial charge in [0.05, 0.1) is 6.42 Å². The SMILES string of the molecule is O=C(O)CCCCC(=O)O.O=C([O-])CCC(=O)O.[Li+].[Zn]. The minimum absolute atomic E-state index is 0. The molecule has 3 N–H and O–H groups in total. The molecule has 0 saturated heterocycles. The second-order valence-corrected chi connectivity index (χ2v) is 3.26. The molecule has 0 heterocycles. The van der Waals surface area contributed by atoms with Crippen LogP contribution in [0.4, 0.5) is 0 Å². The Labute approximate surface area is 140 Å². The molecule has 0 spiro atoms. The van der Waals surface area contributed by atoms with Crippen LogP contribution in [0.15, 0.2) is 0 Å². The Morgan fingerprint density at radius 1 is 0.700 bits per heavy atom. The first-order valence-electron chi connectivity index (χ1n) is 5.11. The van der Waals surface area contributed by atoms with Gasteiger partial charge in [0.15, 0.2) is 0 Å². The van der Waals surface area contributed by atoms with E-state index in [0.717, 1.165) is 0 Å². The van der Waals surface area contributed by atoms with Crippen molar-refractivity contribution in [3.63, 3.8) is 0 Å². The Morgan fingerprint density at radius 3 is 1.15 bits per heavy atom. The largest absolute Gasteiger partial charge is 1.00 e. The molecule has 106 valence electrons. The quantitative estimate of drug-likeness (QED) is 0.303. The molecule has 0 bridgehead atoms. The average molecular weight is 336 g/mol. The Hall–Kier alpha value is -0.899. The minimum atomic E-state index is -1.33. The van der Waals surface area contributed by atoms with Gasteiger partial charge < -0.3 is 25.2 Å². The van der Waals surface area contributed by atoms with Crippen LogP contribution in [0.25, 0.3) is 0 Å². The number of carboxylic acids is 4. The molecule has 0 aliphatic heterocycles. The third-order valence-electron chi connectivity index (χ3n) is 1.57. The molecule has 0 aliphatic carbocycles. The normalized spacial score (nSPS) is 8.00. The standard InChI is InChI=1S/C6H10O4.C4H6O4.Li.Zn/c7-5(8)3-1-2-4-6(9)10;5-3(6)1-2-4(7)8;;/h1-4H2,(H,7,8)(H,9,10);1-2H2,(H,5,6)(H,7,8);;/q;;+1;/p-1. The molecule has 8 nitrogen and oxygen atoms in total. The van der Waals surface area contributed by atoms with Crippen molar-refractivity contribution in [2.45, 2.75) is 38.5 Å². The molecule has 10 heteroatoms. The maximum absolute atomic E-state index is 9.90. The summed E-state index contributed by atoms with van der Waals surface area (Å²) in [7, 11) is 0. The number of unbranched alkanes of at least 4 members (excludes halogenated alkanes) is 1. The van der Waals surface area contributed by atoms with Gasteiger partial charge in [0.2, 0.25) is 0 Å². The monoisotopic (exact) mass is 334 g/mol. The summed E-state index contributed by atoms with van der Waals surface area (Å²) in [6.07, 6.45) is 0.251. The summed E-state index contributed by atoms with van der Waals surface area (Å²) < 4.78 is 0. The summed E-state index contributed by atoms with van der Waals surface area (Å²) in [6, 6.07) is 0. The smallest absolute Gasteiger partial charge is 0.550 e. The van der Waals surface area contributed by atoms with E-state index in [1.807, 2.05) is 0 Å². The molecule has 0 aliphatic rings. The van der Waals surface area contributed by atoms with Crippen LogP contribution in [0, 0.1) is 0 Å². The molecule has 20 heavy (non-hydrogen) atoms. The Balaban J connectivity index is -0.000000119. The van der Waals surface area contributed by atoms with E-state index >= 15 is 0 Å². The molecule has 0 amide bonds. The zero-order valence-electron chi connectivity index (χ0n) is 11.3. The van der Waals surface area contributed by atoms with Crippen LogP contribution in [0.3, 0.4) is 0 Å². The van der Waals surface area contributed by atoms with Gasteiger partial charge in [0.25, 0.3) is 0 Å². The van der Waals surface area contributed by atoms with E-state index in [0.29, 0.717) is 12.8 Å². The van der Waals surface area contributed by atoms with E-state index in [-0.39, 0.29) is 57.6 Å². The van der Waals surface area contributed by atoms with Crippen molar-refractivity contribution in [2.24, 2.45) is 0 Å². The van der Waals surface area contributed by atoms with Crippen LogP contribution >= 0.6 is 0 Å². The molecule has 0 radical (unpaired) electrons. The van der Waals surface area contributed by atoms with E-state index in [4.69, 9.17) is 15.3 Å². The average Bonchev–Trinajstić information content (AvgIpc) is 2.22. The fourth-order valence-corrected chi connectivity index (χ4v) is 0.761. The van der Waals surface area contributed by atoms with Crippen LogP contribution in [-0.2, 0) is 38.7 Å². The summed E-state index contributed by atoms with van der Waals surface area (Å²) >= 11 is 0. The Morgan fingerprint density at radius 2 is 1.00 bits per heavy atom. The first-order valence-corrected chi connectivity index (χ1v) is 5.11. The van der Waals surface area contributed by atoms with Crippen LogP contribution in [0.5, 0.6) is 0 Å². The van der Waals surface area contributed by atoms with Crippen molar-refractivity contribution >= 4 is 23.9 Å². The predicted octanol–water partition coefficient (Wildman–Crippen LogP) is -3.68. The van der Waals surface area contributed by atoms with Gasteiger partial charge in [0, 0.05) is 38.3 Å². The van der Waals surface area contributed by atoms with Crippen molar-refractivity contribution in [3.8, 4) is 0 Å². The van der Waals surface area contributed by atoms with Crippen molar-refractivity contribution in [2.75, 3.05) is 0 Å². The zero-order chi connectivity index (χ0) is 14.6. The first kappa shape index (κ1) is 27.4. The fraction of sp³-hybridized carbons (Fsp3) is 0.600. The Kier molecular flexibility index (Phi) is 24.8. The van der Waals surface area contributed by atoms with Crippen LogP contribution in [0.2, 0.25) is 0 Å². The molecule has 0 aromatic heterocycles. The number of hydrogen-bond acceptors (Lipinski definition) is 5. The zero-order valence-corrected chi connectivity index (χ0v) is 14.3. The van der Waals surface area contributed by atoms with Gasteiger partial charge in [-0.1, -0.05) is 0 Å². The van der Waals surface area contributed by atoms with Crippen molar-refractivity contribution < 1.29 is 77.9 Å². The fourth-order valence-electron chi connectivity index (χ4n) is 0.761. The molecule has 0 aromatic carbocycles. The van der Waals surface area contributed by atoms with Crippen molar-refractivity contribution in [1.82, 2.24) is 0 Å². The first-order chi connectivity index (χ1) is 8.25. The van der Waals surface area contributed by atoms with Gasteiger partial charge in [-0.25, -0.2) is 0 Å². The predicted molar refractivity (Wildman–Crippen MR) is 55.6 cm³/mol. The number of carboxylic acid groups (broad SMARTS) is 4. The molecule has 0 saturated carbocycles. The van der Waals surface area contributed by atoms with Crippen LogP contribution < -0.4 is 24.0 Å². The van der Waals surface area contributed by atoms with Crippen molar-refractivity contribution in [1.29, 1.82) is 0 Å². The third kappa shape index (κ3) is 36.0. The molecule has 0 fully saturated rings. The molecule has 0 unspecified atom stereocenters. The molecule has 0 rings (SSSR count). The number of carbonyl (C=O) groups excluding carboxylic acids is 1. The summed E-state index contributed by atoms with van der Waals surface area (Å²) in [5.41, 5.74) is 0. The van der Waals surface area contributed by atoms with Gasteiger partial charge in [-0.3, -0.25) is 14.4 Å². The van der Waals surface area contributed by atoms with E-state index < -0.39 is 30.3 Å². The number of rotatable bonds is 8. The number of carbonyl (C=O) groups is 4. The van der Waals surface area contributed by atoms with E-state index in [2.05, 4.69) is 0 Å². The van der Waals surface area contributed by atoms with E-state index in [9.17, 15) is 24.3 Å². The third-order valence-corrected chi connectivity index (χ3v) is 1.57. The minimum Gasteiger partial charge on any atom is -0.550 e. The topological polar surface area (TPSA) is 152 Å². The van der Waals surface area contributed by atoms with Crippen LogP contribution in [0.1, 0.15) is 38.5 Å². The molecular weight excluding hydrogens is 320 g/mol. The van der Waals surface area contributed by atoms with E-state index in [1.54, 1.807) is 0 Å². The van der Waals surface area contributed by atoms with Crippen molar-refractivity contribution in [3.05, 3.63) is 0 Å². The molecular formula is C10H15LiO8Zn. The summed E-state index contributed by atoms with van der Waals surface area (Å²) in [6.45, 7) is 0. The summed E-state index contributed by atoms with van der Waals surface area (Å²) in [5, 5.41) is 33.7. The number of hydrogen-bond donors (Lipinski definition) is 3. The summed E-state index contributed by atoms with van der Waals surface area (Å²) in [5.74, 6) is -4.18. The van der Waals surface area contributed by atoms with Crippen LogP contribution in [-0.4, -0.2) is 39.2 Å². The molecule has 0 aromatic rings. The Bertz CT molecular complexity index is 278. The van der Waals surface area contributed by atoms with Gasteiger partial charge >= 0.3 is 36.8 Å².